The van der Waals surface area contributed by atoms with Gasteiger partial charge in [-0.15, -0.1) is 11.8 Å². The molecular formula is C31H33NO9S. The molecule has 0 spiro atoms. The van der Waals surface area contributed by atoms with Crippen molar-refractivity contribution in [3.63, 3.8) is 0 Å². The van der Waals surface area contributed by atoms with Crippen LogP contribution in [-0.2, 0) is 44.5 Å². The second kappa shape index (κ2) is 13.2. The van der Waals surface area contributed by atoms with E-state index < -0.39 is 52.8 Å². The third-order valence-electron chi connectivity index (χ3n) is 6.85. The van der Waals surface area contributed by atoms with Crippen LogP contribution < -0.4 is 0 Å². The highest BCUT2D eigenvalue weighted by Crippen LogP contribution is 2.46. The number of para-hydroxylation sites is 1. The van der Waals surface area contributed by atoms with E-state index in [0.29, 0.717) is 22.0 Å². The minimum absolute atomic E-state index is 0.173. The van der Waals surface area contributed by atoms with Gasteiger partial charge in [0.25, 0.3) is 0 Å². The fourth-order valence-corrected chi connectivity index (χ4v) is 6.61. The number of hydrogen-bond donors (Lipinski definition) is 0. The molecule has 0 radical (unpaired) electrons. The molecule has 0 bridgehead atoms. The summed E-state index contributed by atoms with van der Waals surface area (Å²) in [7, 11) is 0. The summed E-state index contributed by atoms with van der Waals surface area (Å²) in [6.07, 6.45) is -0.928. The highest BCUT2D eigenvalue weighted by atomic mass is 32.2. The fraction of sp³-hybridized carbons (Fsp3) is 0.387. The van der Waals surface area contributed by atoms with Crippen LogP contribution in [0.15, 0.2) is 54.7 Å². The molecule has 1 aliphatic heterocycles. The van der Waals surface area contributed by atoms with E-state index in [1.165, 1.54) is 39.5 Å². The first kappa shape index (κ1) is 30.8. The number of hydrogen-bond acceptors (Lipinski definition) is 10. The zero-order chi connectivity index (χ0) is 30.6. The molecule has 2 aromatic carbocycles. The predicted molar refractivity (Wildman–Crippen MR) is 155 cm³/mol. The summed E-state index contributed by atoms with van der Waals surface area (Å²) in [6, 6.07) is 14.7. The van der Waals surface area contributed by atoms with Crippen molar-refractivity contribution in [3.05, 3.63) is 71.4 Å². The lowest BCUT2D eigenvalue weighted by atomic mass is 10.0. The molecular weight excluding hydrogens is 562 g/mol. The Labute approximate surface area is 247 Å². The fourth-order valence-electron chi connectivity index (χ4n) is 5.07. The van der Waals surface area contributed by atoms with Gasteiger partial charge in [-0.1, -0.05) is 49.4 Å². The van der Waals surface area contributed by atoms with E-state index in [9.17, 15) is 24.0 Å². The molecule has 4 rings (SSSR count). The van der Waals surface area contributed by atoms with Crippen molar-refractivity contribution >= 4 is 52.3 Å². The first-order valence-electron chi connectivity index (χ1n) is 13.5. The number of carbonyl (C=O) groups is 5. The van der Waals surface area contributed by atoms with Crippen LogP contribution in [0.1, 0.15) is 61.5 Å². The highest BCUT2D eigenvalue weighted by molar-refractivity contribution is 8.00. The summed E-state index contributed by atoms with van der Waals surface area (Å²) in [5.74, 6) is -2.73. The number of ketones is 1. The predicted octanol–water partition coefficient (Wildman–Crippen LogP) is 4.41. The molecule has 0 N–H and O–H groups in total. The first-order chi connectivity index (χ1) is 20.0. The maximum atomic E-state index is 13.8. The lowest BCUT2D eigenvalue weighted by molar-refractivity contribution is -0.187. The molecule has 5 atom stereocenters. The van der Waals surface area contributed by atoms with Crippen LogP contribution in [0.3, 0.4) is 0 Å². The molecule has 1 saturated heterocycles. The highest BCUT2D eigenvalue weighted by Gasteiger charge is 2.52. The zero-order valence-electron chi connectivity index (χ0n) is 24.0. The van der Waals surface area contributed by atoms with Crippen LogP contribution in [-0.4, -0.2) is 64.4 Å². The number of nitrogens with zero attached hydrogens (tertiary/aromatic N) is 1. The smallest absolute Gasteiger partial charge is 0.303 e. The van der Waals surface area contributed by atoms with E-state index >= 15 is 0 Å². The number of aromatic nitrogens is 1. The van der Waals surface area contributed by atoms with Crippen molar-refractivity contribution in [2.24, 2.45) is 0 Å². The summed E-state index contributed by atoms with van der Waals surface area (Å²) < 4.78 is 24.0. The lowest BCUT2D eigenvalue weighted by Gasteiger charge is -2.44. The van der Waals surface area contributed by atoms with Gasteiger partial charge >= 0.3 is 23.9 Å². The Kier molecular flexibility index (Phi) is 9.72. The molecule has 10 nitrogen and oxygen atoms in total. The number of aryl methyl sites for hydroxylation is 1. The molecule has 0 unspecified atom stereocenters. The molecule has 11 heteroatoms. The van der Waals surface area contributed by atoms with Gasteiger partial charge < -0.3 is 23.5 Å². The summed E-state index contributed by atoms with van der Waals surface area (Å²) in [6.45, 7) is 6.74. The molecule has 1 aliphatic rings. The Bertz CT molecular complexity index is 1500. The molecule has 1 aromatic heterocycles. The molecule has 0 amide bonds. The largest absolute Gasteiger partial charge is 0.465 e. The maximum Gasteiger partial charge on any atom is 0.303 e. The number of carbonyl (C=O) groups excluding carboxylic acids is 5. The quantitative estimate of drug-likeness (QED) is 0.199. The zero-order valence-corrected chi connectivity index (χ0v) is 24.8. The van der Waals surface area contributed by atoms with Crippen LogP contribution in [0.4, 0.5) is 0 Å². The van der Waals surface area contributed by atoms with Crippen molar-refractivity contribution in [1.29, 1.82) is 0 Å². The Morgan fingerprint density at radius 1 is 0.762 bits per heavy atom. The van der Waals surface area contributed by atoms with Crippen LogP contribution in [0.2, 0.25) is 0 Å². The maximum absolute atomic E-state index is 13.8. The SMILES string of the molecule is CCc1ccc(C(=O)c2cn([C@@H]3S[C@H](COC(C)=O)[C@@H](OC(C)=O)[C@H](OC(C)=O)[C@H]3OC(C)=O)c3ccccc23)cc1. The van der Waals surface area contributed by atoms with Gasteiger partial charge in [-0.25, -0.2) is 0 Å². The molecule has 42 heavy (non-hydrogen) atoms. The summed E-state index contributed by atoms with van der Waals surface area (Å²) in [5.41, 5.74) is 2.72. The van der Waals surface area contributed by atoms with Crippen molar-refractivity contribution in [2.45, 2.75) is 70.0 Å². The number of rotatable bonds is 9. The average Bonchev–Trinajstić information content (AvgIpc) is 3.32. The Balaban J connectivity index is 1.87. The third-order valence-corrected chi connectivity index (χ3v) is 8.38. The van der Waals surface area contributed by atoms with E-state index in [1.807, 2.05) is 43.3 Å². The molecule has 222 valence electrons. The van der Waals surface area contributed by atoms with Gasteiger partial charge in [-0.2, -0.15) is 0 Å². The van der Waals surface area contributed by atoms with E-state index in [1.54, 1.807) is 22.9 Å². The minimum atomic E-state index is -1.23. The monoisotopic (exact) mass is 595 g/mol. The average molecular weight is 596 g/mol. The Morgan fingerprint density at radius 2 is 1.36 bits per heavy atom. The first-order valence-corrected chi connectivity index (χ1v) is 14.5. The second-order valence-electron chi connectivity index (χ2n) is 9.94. The van der Waals surface area contributed by atoms with Gasteiger partial charge in [0.05, 0.1) is 5.25 Å². The van der Waals surface area contributed by atoms with Crippen LogP contribution in [0.5, 0.6) is 0 Å². The van der Waals surface area contributed by atoms with E-state index in [-0.39, 0.29) is 12.4 Å². The number of benzene rings is 2. The summed E-state index contributed by atoms with van der Waals surface area (Å²) >= 11 is 1.23. The lowest BCUT2D eigenvalue weighted by Crippen LogP contribution is -2.57. The van der Waals surface area contributed by atoms with Crippen LogP contribution in [0, 0.1) is 0 Å². The van der Waals surface area contributed by atoms with E-state index in [2.05, 4.69) is 0 Å². The number of esters is 4. The van der Waals surface area contributed by atoms with Gasteiger partial charge in [0.2, 0.25) is 0 Å². The molecule has 2 heterocycles. The van der Waals surface area contributed by atoms with E-state index in [0.717, 1.165) is 12.0 Å². The van der Waals surface area contributed by atoms with Gasteiger partial charge in [-0.05, 0) is 18.1 Å². The van der Waals surface area contributed by atoms with Gasteiger partial charge in [0.1, 0.15) is 12.0 Å². The number of thioether (sulfide) groups is 1. The second-order valence-corrected chi connectivity index (χ2v) is 11.3. The Morgan fingerprint density at radius 3 is 1.95 bits per heavy atom. The van der Waals surface area contributed by atoms with Crippen molar-refractivity contribution in [1.82, 2.24) is 4.57 Å². The van der Waals surface area contributed by atoms with Gasteiger partial charge in [0, 0.05) is 55.9 Å². The topological polar surface area (TPSA) is 127 Å². The summed E-state index contributed by atoms with van der Waals surface area (Å²) in [5, 5.41) is -0.799. The third kappa shape index (κ3) is 6.84. The van der Waals surface area contributed by atoms with Gasteiger partial charge in [0.15, 0.2) is 24.1 Å². The molecule has 0 aliphatic carbocycles. The molecule has 3 aromatic rings. The Hall–Kier alpha value is -4.12. The van der Waals surface area contributed by atoms with Gasteiger partial charge in [-0.3, -0.25) is 24.0 Å². The van der Waals surface area contributed by atoms with Crippen molar-refractivity contribution < 1.29 is 42.9 Å². The van der Waals surface area contributed by atoms with Crippen molar-refractivity contribution in [2.75, 3.05) is 6.61 Å². The van der Waals surface area contributed by atoms with E-state index in [4.69, 9.17) is 18.9 Å². The standard InChI is InChI=1S/C31H33NO9S/c1-6-21-11-13-22(14-12-21)27(37)24-15-32(25-10-8-7-9-23(24)25)31-30(41-20(5)36)29(40-19(4)35)28(39-18(3)34)26(42-31)16-38-17(2)33/h7-15,26,28-31H,6,16H2,1-5H3/t26-,28-,29+,30-,31-/m1/s1. The number of ether oxygens (including phenoxy) is 4. The molecule has 1 fully saturated rings. The summed E-state index contributed by atoms with van der Waals surface area (Å²) in [4.78, 5) is 62.2. The normalized spacial score (nSPS) is 21.8. The molecule has 0 saturated carbocycles. The van der Waals surface area contributed by atoms with Crippen LogP contribution >= 0.6 is 11.8 Å². The van der Waals surface area contributed by atoms with Crippen molar-refractivity contribution in [3.8, 4) is 0 Å². The number of fused-ring (bicyclic) bond motifs is 1. The van der Waals surface area contributed by atoms with Crippen LogP contribution in [0.25, 0.3) is 10.9 Å². The minimum Gasteiger partial charge on any atom is -0.465 e.